The average molecular weight is 298 g/mol. The van der Waals surface area contributed by atoms with Crippen molar-refractivity contribution >= 4 is 0 Å². The third-order valence-electron chi connectivity index (χ3n) is 7.64. The molecular formula is C21H30O. The van der Waals surface area contributed by atoms with Crippen LogP contribution in [0.15, 0.2) is 24.3 Å². The van der Waals surface area contributed by atoms with Gasteiger partial charge in [0.2, 0.25) is 0 Å². The second-order valence-electron chi connectivity index (χ2n) is 9.07. The van der Waals surface area contributed by atoms with E-state index in [0.717, 1.165) is 11.7 Å². The van der Waals surface area contributed by atoms with Gasteiger partial charge in [0.05, 0.1) is 0 Å². The van der Waals surface area contributed by atoms with Crippen LogP contribution in [-0.2, 0) is 6.42 Å². The summed E-state index contributed by atoms with van der Waals surface area (Å²) in [4.78, 5) is 0. The molecule has 0 saturated heterocycles. The normalized spacial score (nSPS) is 42.5. The summed E-state index contributed by atoms with van der Waals surface area (Å²) in [5.74, 6) is 2.60. The van der Waals surface area contributed by atoms with Gasteiger partial charge in [-0.3, -0.25) is 0 Å². The molecule has 1 spiro atoms. The van der Waals surface area contributed by atoms with E-state index in [1.54, 1.807) is 0 Å². The van der Waals surface area contributed by atoms with E-state index in [9.17, 15) is 0 Å². The fourth-order valence-electron chi connectivity index (χ4n) is 6.15. The maximum atomic E-state index is 6.94. The van der Waals surface area contributed by atoms with E-state index in [4.69, 9.17) is 4.74 Å². The van der Waals surface area contributed by atoms with Gasteiger partial charge in [0.25, 0.3) is 0 Å². The van der Waals surface area contributed by atoms with Crippen LogP contribution in [0.2, 0.25) is 0 Å². The average Bonchev–Trinajstić information content (AvgIpc) is 2.46. The first-order valence-electron chi connectivity index (χ1n) is 9.16. The lowest BCUT2D eigenvalue weighted by Gasteiger charge is -2.66. The van der Waals surface area contributed by atoms with Gasteiger partial charge in [-0.25, -0.2) is 0 Å². The van der Waals surface area contributed by atoms with Gasteiger partial charge in [0.15, 0.2) is 0 Å². The molecule has 4 rings (SSSR count). The SMILES string of the molecule is C[C@H]1CC[C@H]2C(C)(C)CCC[C@@]23Oc2ccccc2C[C@]13C. The Labute approximate surface area is 135 Å². The largest absolute Gasteiger partial charge is 0.486 e. The fourth-order valence-corrected chi connectivity index (χ4v) is 6.15. The van der Waals surface area contributed by atoms with Crippen LogP contribution >= 0.6 is 0 Å². The minimum absolute atomic E-state index is 0.0563. The van der Waals surface area contributed by atoms with Crippen molar-refractivity contribution in [1.82, 2.24) is 0 Å². The van der Waals surface area contributed by atoms with Crippen LogP contribution in [0.5, 0.6) is 5.75 Å². The maximum Gasteiger partial charge on any atom is 0.123 e. The molecule has 120 valence electrons. The van der Waals surface area contributed by atoms with Gasteiger partial charge >= 0.3 is 0 Å². The van der Waals surface area contributed by atoms with Crippen molar-refractivity contribution < 1.29 is 4.74 Å². The minimum Gasteiger partial charge on any atom is -0.486 e. The third kappa shape index (κ3) is 1.71. The van der Waals surface area contributed by atoms with E-state index in [1.807, 2.05) is 0 Å². The second-order valence-corrected chi connectivity index (χ2v) is 9.07. The van der Waals surface area contributed by atoms with Crippen LogP contribution in [0.25, 0.3) is 0 Å². The van der Waals surface area contributed by atoms with E-state index in [1.165, 1.54) is 44.1 Å². The zero-order valence-electron chi connectivity index (χ0n) is 14.6. The molecule has 1 nitrogen and oxygen atoms in total. The molecule has 0 amide bonds. The molecule has 1 heterocycles. The molecular weight excluding hydrogens is 268 g/mol. The van der Waals surface area contributed by atoms with Crippen molar-refractivity contribution in [3.8, 4) is 5.75 Å². The Kier molecular flexibility index (Phi) is 3.00. The summed E-state index contributed by atoms with van der Waals surface area (Å²) in [5.41, 5.74) is 2.17. The Morgan fingerprint density at radius 2 is 1.82 bits per heavy atom. The maximum absolute atomic E-state index is 6.94. The van der Waals surface area contributed by atoms with E-state index in [-0.39, 0.29) is 11.0 Å². The van der Waals surface area contributed by atoms with Gasteiger partial charge in [-0.15, -0.1) is 0 Å². The molecule has 2 fully saturated rings. The Balaban J connectivity index is 1.88. The van der Waals surface area contributed by atoms with Crippen molar-refractivity contribution in [2.75, 3.05) is 0 Å². The summed E-state index contributed by atoms with van der Waals surface area (Å²) >= 11 is 0. The highest BCUT2D eigenvalue weighted by molar-refractivity contribution is 5.39. The van der Waals surface area contributed by atoms with Gasteiger partial charge in [-0.05, 0) is 61.5 Å². The summed E-state index contributed by atoms with van der Waals surface area (Å²) in [6.45, 7) is 9.97. The lowest BCUT2D eigenvalue weighted by atomic mass is 9.44. The van der Waals surface area contributed by atoms with Crippen LogP contribution in [0.1, 0.15) is 65.4 Å². The van der Waals surface area contributed by atoms with Crippen LogP contribution < -0.4 is 4.74 Å². The number of benzene rings is 1. The molecule has 0 N–H and O–H groups in total. The quantitative estimate of drug-likeness (QED) is 0.604. The lowest BCUT2D eigenvalue weighted by molar-refractivity contribution is -0.210. The summed E-state index contributed by atoms with van der Waals surface area (Å²) in [5, 5.41) is 0. The predicted octanol–water partition coefficient (Wildman–Crippen LogP) is 5.62. The monoisotopic (exact) mass is 298 g/mol. The number of fused-ring (bicyclic) bond motifs is 1. The Morgan fingerprint density at radius 3 is 2.64 bits per heavy atom. The first-order valence-corrected chi connectivity index (χ1v) is 9.16. The van der Waals surface area contributed by atoms with Gasteiger partial charge in [0, 0.05) is 11.3 Å². The zero-order chi connectivity index (χ0) is 15.6. The number of ether oxygens (including phenoxy) is 1. The fraction of sp³-hybridized carbons (Fsp3) is 0.714. The van der Waals surface area contributed by atoms with Crippen LogP contribution in [0.4, 0.5) is 0 Å². The third-order valence-corrected chi connectivity index (χ3v) is 7.64. The minimum atomic E-state index is 0.0563. The van der Waals surface area contributed by atoms with Gasteiger partial charge in [0.1, 0.15) is 11.4 Å². The summed E-state index contributed by atoms with van der Waals surface area (Å²) in [7, 11) is 0. The zero-order valence-corrected chi connectivity index (χ0v) is 14.6. The molecule has 0 unspecified atom stereocenters. The molecule has 22 heavy (non-hydrogen) atoms. The Hall–Kier alpha value is -0.980. The Bertz CT molecular complexity index is 589. The van der Waals surface area contributed by atoms with Gasteiger partial charge in [-0.2, -0.15) is 0 Å². The van der Waals surface area contributed by atoms with Crippen molar-refractivity contribution in [1.29, 1.82) is 0 Å². The molecule has 0 radical (unpaired) electrons. The standard InChI is InChI=1S/C21H30O/c1-15-10-11-18-19(2,3)12-7-13-21(18)20(15,4)14-16-8-5-6-9-17(16)22-21/h5-6,8-9,15,18H,7,10-14H2,1-4H3/t15-,18-,20+,21+/m0/s1. The Morgan fingerprint density at radius 1 is 1.05 bits per heavy atom. The van der Waals surface area contributed by atoms with Crippen molar-refractivity contribution in [3.05, 3.63) is 29.8 Å². The molecule has 1 heteroatoms. The summed E-state index contributed by atoms with van der Waals surface area (Å²) < 4.78 is 6.94. The number of rotatable bonds is 0. The highest BCUT2D eigenvalue weighted by atomic mass is 16.5. The van der Waals surface area contributed by atoms with Gasteiger partial charge in [-0.1, -0.05) is 45.9 Å². The molecule has 0 bridgehead atoms. The molecule has 4 atom stereocenters. The molecule has 2 saturated carbocycles. The number of hydrogen-bond donors (Lipinski definition) is 0. The van der Waals surface area contributed by atoms with E-state index < -0.39 is 0 Å². The van der Waals surface area contributed by atoms with E-state index in [0.29, 0.717) is 11.3 Å². The highest BCUT2D eigenvalue weighted by Crippen LogP contribution is 2.65. The highest BCUT2D eigenvalue weighted by Gasteiger charge is 2.65. The summed E-state index contributed by atoms with van der Waals surface area (Å²) in [6, 6.07) is 8.77. The smallest absolute Gasteiger partial charge is 0.123 e. The molecule has 3 aliphatic rings. The first kappa shape index (κ1) is 14.6. The summed E-state index contributed by atoms with van der Waals surface area (Å²) in [6.07, 6.45) is 7.81. The van der Waals surface area contributed by atoms with E-state index >= 15 is 0 Å². The molecule has 1 aromatic carbocycles. The predicted molar refractivity (Wildman–Crippen MR) is 91.1 cm³/mol. The molecule has 2 aliphatic carbocycles. The van der Waals surface area contributed by atoms with Crippen LogP contribution in [0.3, 0.4) is 0 Å². The lowest BCUT2D eigenvalue weighted by Crippen LogP contribution is -2.68. The number of para-hydroxylation sites is 1. The molecule has 0 aromatic heterocycles. The van der Waals surface area contributed by atoms with E-state index in [2.05, 4.69) is 52.0 Å². The van der Waals surface area contributed by atoms with Gasteiger partial charge < -0.3 is 4.74 Å². The molecule has 1 aliphatic heterocycles. The van der Waals surface area contributed by atoms with Crippen LogP contribution in [-0.4, -0.2) is 5.60 Å². The first-order chi connectivity index (χ1) is 10.4. The van der Waals surface area contributed by atoms with Crippen LogP contribution in [0, 0.1) is 22.7 Å². The second kappa shape index (κ2) is 4.52. The van der Waals surface area contributed by atoms with Crippen molar-refractivity contribution in [2.24, 2.45) is 22.7 Å². The topological polar surface area (TPSA) is 9.23 Å². The van der Waals surface area contributed by atoms with Crippen molar-refractivity contribution in [2.45, 2.75) is 71.8 Å². The van der Waals surface area contributed by atoms with Crippen molar-refractivity contribution in [3.63, 3.8) is 0 Å². The number of hydrogen-bond acceptors (Lipinski definition) is 1. The molecule has 1 aromatic rings.